The van der Waals surface area contributed by atoms with E-state index < -0.39 is 22.9 Å². The van der Waals surface area contributed by atoms with Gasteiger partial charge in [0.05, 0.1) is 23.1 Å². The van der Waals surface area contributed by atoms with E-state index in [0.717, 1.165) is 5.46 Å². The van der Waals surface area contributed by atoms with Gasteiger partial charge in [-0.15, -0.1) is 0 Å². The van der Waals surface area contributed by atoms with Crippen LogP contribution in [-0.2, 0) is 14.2 Å². The molecule has 0 aliphatic rings. The van der Waals surface area contributed by atoms with E-state index in [-0.39, 0.29) is 19.8 Å². The van der Waals surface area contributed by atoms with Crippen LogP contribution in [0, 0.1) is 0 Å². The molecule has 8 nitrogen and oxygen atoms in total. The van der Waals surface area contributed by atoms with Crippen molar-refractivity contribution in [2.45, 2.75) is 78.1 Å². The zero-order chi connectivity index (χ0) is 22.3. The van der Waals surface area contributed by atoms with Crippen molar-refractivity contribution in [3.63, 3.8) is 0 Å². The van der Waals surface area contributed by atoms with Crippen LogP contribution in [0.5, 0.6) is 0 Å². The van der Waals surface area contributed by atoms with E-state index in [1.54, 1.807) is 53.1 Å². The molecule has 0 atom stereocenters. The summed E-state index contributed by atoms with van der Waals surface area (Å²) < 4.78 is 11.0. The summed E-state index contributed by atoms with van der Waals surface area (Å²) in [5, 5.41) is 15.6. The van der Waals surface area contributed by atoms with Crippen molar-refractivity contribution in [2.75, 3.05) is 11.9 Å². The van der Waals surface area contributed by atoms with E-state index in [0.29, 0.717) is 18.7 Å². The van der Waals surface area contributed by atoms with Crippen LogP contribution in [-0.4, -0.2) is 52.9 Å². The molecule has 2 amide bonds. The topological polar surface area (TPSA) is 110 Å². The van der Waals surface area contributed by atoms with Crippen molar-refractivity contribution in [3.05, 3.63) is 18.5 Å². The molecular weight excluding hydrogens is 373 g/mol. The van der Waals surface area contributed by atoms with Crippen LogP contribution in [0.1, 0.15) is 61.3 Å². The molecule has 0 saturated heterocycles. The Labute approximate surface area is 174 Å². The molecule has 0 radical (unpaired) electrons. The first kappa shape index (κ1) is 24.9. The predicted molar refractivity (Wildman–Crippen MR) is 115 cm³/mol. The van der Waals surface area contributed by atoms with Gasteiger partial charge in [-0.1, -0.05) is 0 Å². The van der Waals surface area contributed by atoms with Gasteiger partial charge in [0, 0.05) is 19.2 Å². The average molecular weight is 407 g/mol. The zero-order valence-electron chi connectivity index (χ0n) is 18.6. The highest BCUT2D eigenvalue weighted by Crippen LogP contribution is 2.24. The summed E-state index contributed by atoms with van der Waals surface area (Å²) in [6.07, 6.45) is 3.45. The Kier molecular flexibility index (Phi) is 8.65. The Bertz CT molecular complexity index is 696. The number of hydrogen-bond donors (Lipinski definition) is 3. The molecule has 1 rings (SSSR count). The lowest BCUT2D eigenvalue weighted by Crippen LogP contribution is -2.49. The van der Waals surface area contributed by atoms with Crippen LogP contribution in [0.2, 0.25) is 0 Å². The number of anilines is 1. The first-order chi connectivity index (χ1) is 13.2. The van der Waals surface area contributed by atoms with E-state index in [9.17, 15) is 14.7 Å². The molecule has 0 saturated carbocycles. The maximum absolute atomic E-state index is 12.1. The SMILES string of the molecule is CC(C)(C)OC(=O)NCCCC(=O)Nc1cncc(BOC(C)(C)C(C)(C)O)c1. The van der Waals surface area contributed by atoms with E-state index in [2.05, 4.69) is 15.6 Å². The molecule has 1 aromatic heterocycles. The summed E-state index contributed by atoms with van der Waals surface area (Å²) in [5.74, 6) is -0.173. The van der Waals surface area contributed by atoms with Crippen LogP contribution >= 0.6 is 0 Å². The second kappa shape index (κ2) is 10.1. The highest BCUT2D eigenvalue weighted by atomic mass is 16.6. The number of hydrogen-bond acceptors (Lipinski definition) is 6. The first-order valence-electron chi connectivity index (χ1n) is 9.76. The summed E-state index contributed by atoms with van der Waals surface area (Å²) in [6.45, 7) is 12.7. The molecule has 0 aliphatic heterocycles. The molecule has 29 heavy (non-hydrogen) atoms. The number of pyridine rings is 1. The largest absolute Gasteiger partial charge is 0.444 e. The van der Waals surface area contributed by atoms with Gasteiger partial charge < -0.3 is 25.1 Å². The number of carbonyl (C=O) groups is 2. The minimum atomic E-state index is -1.00. The fourth-order valence-corrected chi connectivity index (χ4v) is 2.05. The number of ether oxygens (including phenoxy) is 1. The van der Waals surface area contributed by atoms with Crippen LogP contribution in [0.3, 0.4) is 0 Å². The highest BCUT2D eigenvalue weighted by Gasteiger charge is 2.35. The zero-order valence-corrected chi connectivity index (χ0v) is 18.6. The van der Waals surface area contributed by atoms with Gasteiger partial charge in [0.15, 0.2) is 0 Å². The summed E-state index contributed by atoms with van der Waals surface area (Å²) in [4.78, 5) is 27.8. The molecule has 9 heteroatoms. The third-order valence-corrected chi connectivity index (χ3v) is 4.40. The number of rotatable bonds is 9. The highest BCUT2D eigenvalue weighted by molar-refractivity contribution is 6.47. The monoisotopic (exact) mass is 407 g/mol. The van der Waals surface area contributed by atoms with Crippen LogP contribution in [0.4, 0.5) is 10.5 Å². The van der Waals surface area contributed by atoms with Crippen molar-refractivity contribution >= 4 is 30.6 Å². The number of nitrogens with zero attached hydrogens (tertiary/aromatic N) is 1. The maximum Gasteiger partial charge on any atom is 0.407 e. The van der Waals surface area contributed by atoms with Crippen molar-refractivity contribution in [1.29, 1.82) is 0 Å². The Morgan fingerprint density at radius 1 is 1.14 bits per heavy atom. The number of nitrogens with one attached hydrogen (secondary N) is 2. The molecule has 0 aromatic carbocycles. The summed E-state index contributed by atoms with van der Waals surface area (Å²) in [5.41, 5.74) is -0.942. The normalized spacial score (nSPS) is 12.3. The van der Waals surface area contributed by atoms with Gasteiger partial charge in [-0.3, -0.25) is 9.78 Å². The molecule has 1 aromatic rings. The maximum atomic E-state index is 12.1. The second-order valence-electron chi connectivity index (χ2n) is 9.02. The Morgan fingerprint density at radius 2 is 1.79 bits per heavy atom. The average Bonchev–Trinajstić information content (AvgIpc) is 2.55. The van der Waals surface area contributed by atoms with Gasteiger partial charge in [-0.25, -0.2) is 4.79 Å². The van der Waals surface area contributed by atoms with Crippen molar-refractivity contribution in [3.8, 4) is 0 Å². The lowest BCUT2D eigenvalue weighted by molar-refractivity contribution is -0.116. The molecule has 0 unspecified atom stereocenters. The molecule has 0 fully saturated rings. The minimum absolute atomic E-state index is 0.173. The fraction of sp³-hybridized carbons (Fsp3) is 0.650. The second-order valence-corrected chi connectivity index (χ2v) is 9.02. The fourth-order valence-electron chi connectivity index (χ4n) is 2.05. The van der Waals surface area contributed by atoms with Crippen LogP contribution in [0.25, 0.3) is 0 Å². The standard InChI is InChI=1S/C20H34BN3O5/c1-18(2,3)28-17(26)23-10-8-9-16(25)24-15-11-14(12-22-13-15)21-29-20(6,7)19(4,5)27/h11-13,21,27H,8-10H2,1-7H3,(H,23,26)(H,24,25). The quantitative estimate of drug-likeness (QED) is 0.426. The molecule has 0 spiro atoms. The minimum Gasteiger partial charge on any atom is -0.444 e. The third-order valence-electron chi connectivity index (χ3n) is 4.40. The van der Waals surface area contributed by atoms with Crippen molar-refractivity contribution in [1.82, 2.24) is 10.3 Å². The van der Waals surface area contributed by atoms with Gasteiger partial charge in [0.2, 0.25) is 5.91 Å². The molecule has 0 bridgehead atoms. The smallest absolute Gasteiger partial charge is 0.407 e. The van der Waals surface area contributed by atoms with Crippen molar-refractivity contribution < 1.29 is 24.1 Å². The van der Waals surface area contributed by atoms with Gasteiger partial charge in [-0.05, 0) is 66.4 Å². The lowest BCUT2D eigenvalue weighted by Gasteiger charge is -2.37. The summed E-state index contributed by atoms with van der Waals surface area (Å²) in [6, 6.07) is 1.78. The number of aliphatic hydroxyl groups is 1. The Balaban J connectivity index is 2.43. The van der Waals surface area contributed by atoms with Crippen LogP contribution < -0.4 is 16.1 Å². The first-order valence-corrected chi connectivity index (χ1v) is 9.76. The number of amides is 2. The van der Waals surface area contributed by atoms with Gasteiger partial charge >= 0.3 is 13.6 Å². The van der Waals surface area contributed by atoms with Gasteiger partial charge in [-0.2, -0.15) is 0 Å². The Morgan fingerprint density at radius 3 is 2.38 bits per heavy atom. The molecular formula is C20H34BN3O5. The van der Waals surface area contributed by atoms with Crippen LogP contribution in [0.15, 0.2) is 18.5 Å². The lowest BCUT2D eigenvalue weighted by atomic mass is 9.83. The van der Waals surface area contributed by atoms with E-state index in [1.807, 2.05) is 13.8 Å². The summed E-state index contributed by atoms with van der Waals surface area (Å²) >= 11 is 0. The third kappa shape index (κ3) is 9.76. The van der Waals surface area contributed by atoms with Crippen molar-refractivity contribution in [2.24, 2.45) is 0 Å². The molecule has 3 N–H and O–H groups in total. The number of alkyl carbamates (subject to hydrolysis) is 1. The summed E-state index contributed by atoms with van der Waals surface area (Å²) in [7, 11) is 0.257. The Hall–Kier alpha value is -2.13. The number of aromatic nitrogens is 1. The predicted octanol–water partition coefficient (Wildman–Crippen LogP) is 1.87. The number of carbonyl (C=O) groups excluding carboxylic acids is 2. The van der Waals surface area contributed by atoms with E-state index in [4.69, 9.17) is 9.39 Å². The molecule has 1 heterocycles. The van der Waals surface area contributed by atoms with Gasteiger partial charge in [0.25, 0.3) is 0 Å². The molecule has 162 valence electrons. The molecule has 0 aliphatic carbocycles. The van der Waals surface area contributed by atoms with E-state index in [1.165, 1.54) is 0 Å². The van der Waals surface area contributed by atoms with Gasteiger partial charge in [0.1, 0.15) is 5.60 Å². The van der Waals surface area contributed by atoms with E-state index >= 15 is 0 Å².